The zero-order chi connectivity index (χ0) is 23.7. The van der Waals surface area contributed by atoms with Crippen LogP contribution in [0, 0.1) is 5.92 Å². The second-order valence-electron chi connectivity index (χ2n) is 8.22. The number of benzene rings is 2. The molecule has 2 aromatic carbocycles. The van der Waals surface area contributed by atoms with Crippen LogP contribution >= 0.6 is 0 Å². The second-order valence-corrected chi connectivity index (χ2v) is 8.22. The Morgan fingerprint density at radius 3 is 2.55 bits per heavy atom. The lowest BCUT2D eigenvalue weighted by Crippen LogP contribution is -2.30. The number of anilines is 1. The van der Waals surface area contributed by atoms with Crippen molar-refractivity contribution >= 4 is 30.2 Å². The van der Waals surface area contributed by atoms with Gasteiger partial charge in [-0.2, -0.15) is 0 Å². The van der Waals surface area contributed by atoms with Gasteiger partial charge in [0.2, 0.25) is 5.91 Å². The molecule has 1 heterocycles. The number of carbonyl (C=O) groups excluding carboxylic acids is 2. The molecule has 2 amide bonds. The third kappa shape index (κ3) is 4.43. The first kappa shape index (κ1) is 22.4. The van der Waals surface area contributed by atoms with Crippen molar-refractivity contribution in [2.45, 2.75) is 25.8 Å². The Bertz CT molecular complexity index is 1230. The van der Waals surface area contributed by atoms with Gasteiger partial charge in [-0.3, -0.25) is 9.59 Å². The number of primary amides is 2. The van der Waals surface area contributed by atoms with Crippen LogP contribution in [0.4, 0.5) is 5.82 Å². The van der Waals surface area contributed by atoms with Crippen LogP contribution in [-0.2, 0) is 13.0 Å². The van der Waals surface area contributed by atoms with Crippen LogP contribution < -0.4 is 22.2 Å². The summed E-state index contributed by atoms with van der Waals surface area (Å²) in [5.74, 6) is -0.393. The third-order valence-corrected chi connectivity index (χ3v) is 5.97. The maximum absolute atomic E-state index is 12.0. The highest BCUT2D eigenvalue weighted by Crippen LogP contribution is 2.42. The van der Waals surface area contributed by atoms with Gasteiger partial charge in [0.05, 0.1) is 5.56 Å². The van der Waals surface area contributed by atoms with Gasteiger partial charge in [0.25, 0.3) is 5.91 Å². The Morgan fingerprint density at radius 2 is 1.85 bits per heavy atom. The van der Waals surface area contributed by atoms with Gasteiger partial charge >= 0.3 is 7.12 Å². The van der Waals surface area contributed by atoms with Crippen LogP contribution in [0.1, 0.15) is 56.1 Å². The normalized spacial score (nSPS) is 16.8. The number of nitrogens with one attached hydrogen (secondary N) is 1. The molecule has 168 valence electrons. The minimum atomic E-state index is -1.58. The quantitative estimate of drug-likeness (QED) is 0.326. The van der Waals surface area contributed by atoms with Crippen molar-refractivity contribution in [2.75, 3.05) is 5.32 Å². The van der Waals surface area contributed by atoms with Gasteiger partial charge < -0.3 is 26.8 Å². The number of hydrogen-bond donors (Lipinski definition) is 5. The number of nitrogens with two attached hydrogens (primary N) is 2. The number of hydrogen-bond acceptors (Lipinski definition) is 7. The molecule has 0 fully saturated rings. The molecule has 33 heavy (non-hydrogen) atoms. The van der Waals surface area contributed by atoms with E-state index in [9.17, 15) is 19.6 Å². The van der Waals surface area contributed by atoms with Gasteiger partial charge in [-0.25, -0.2) is 9.97 Å². The van der Waals surface area contributed by atoms with Crippen molar-refractivity contribution in [3.63, 3.8) is 0 Å². The van der Waals surface area contributed by atoms with Gasteiger partial charge in [-0.1, -0.05) is 43.3 Å². The largest absolute Gasteiger partial charge is 0.488 e. The van der Waals surface area contributed by atoms with Gasteiger partial charge in [-0.05, 0) is 40.6 Å². The molecule has 2 unspecified atom stereocenters. The van der Waals surface area contributed by atoms with E-state index in [-0.39, 0.29) is 29.8 Å². The summed E-state index contributed by atoms with van der Waals surface area (Å²) in [6, 6.07) is 12.2. The van der Waals surface area contributed by atoms with Crippen molar-refractivity contribution in [3.8, 4) is 0 Å². The van der Waals surface area contributed by atoms with E-state index in [0.29, 0.717) is 23.3 Å². The summed E-state index contributed by atoms with van der Waals surface area (Å²) in [4.78, 5) is 32.9. The fourth-order valence-electron chi connectivity index (χ4n) is 4.40. The molecule has 0 saturated carbocycles. The highest BCUT2D eigenvalue weighted by Gasteiger charge is 2.35. The summed E-state index contributed by atoms with van der Waals surface area (Å²) >= 11 is 0. The lowest BCUT2D eigenvalue weighted by molar-refractivity contribution is 0.0991. The topological polar surface area (TPSA) is 164 Å². The van der Waals surface area contributed by atoms with Crippen LogP contribution in [0.25, 0.3) is 0 Å². The molecular weight excluding hydrogens is 421 g/mol. The first-order valence-electron chi connectivity index (χ1n) is 10.5. The first-order chi connectivity index (χ1) is 15.8. The van der Waals surface area contributed by atoms with Crippen LogP contribution in [0.5, 0.6) is 0 Å². The van der Waals surface area contributed by atoms with Gasteiger partial charge in [-0.15, -0.1) is 0 Å². The summed E-state index contributed by atoms with van der Waals surface area (Å²) in [6.07, 6.45) is 2.07. The van der Waals surface area contributed by atoms with Crippen LogP contribution in [0.15, 0.2) is 48.7 Å². The average molecular weight is 445 g/mol. The van der Waals surface area contributed by atoms with Crippen molar-refractivity contribution in [3.05, 3.63) is 82.3 Å². The van der Waals surface area contributed by atoms with Crippen molar-refractivity contribution in [1.82, 2.24) is 9.97 Å². The molecule has 1 aromatic heterocycles. The lowest BCUT2D eigenvalue weighted by Gasteiger charge is -2.18. The minimum Gasteiger partial charge on any atom is -0.423 e. The predicted octanol–water partition coefficient (Wildman–Crippen LogP) is 0.290. The Labute approximate surface area is 191 Å². The first-order valence-corrected chi connectivity index (χ1v) is 10.5. The fraction of sp³-hybridized carbons (Fsp3) is 0.217. The maximum Gasteiger partial charge on any atom is 0.488 e. The standard InChI is InChI=1S/C23H24BN5O4/c1-12-8-17-15(6-3-7-16(17)20(25)30)19(12)23-28-11-18(21(26)31)22(29-23)27-10-13-4-2-5-14(9-13)24(32)33/h2-7,9,11-12,19,32-33H,8,10H2,1H3,(H2,25,30)(H2,26,31)(H,27,28,29). The van der Waals surface area contributed by atoms with Gasteiger partial charge in [0.15, 0.2) is 0 Å². The molecule has 0 radical (unpaired) electrons. The molecule has 0 bridgehead atoms. The summed E-state index contributed by atoms with van der Waals surface area (Å²) in [7, 11) is -1.58. The van der Waals surface area contributed by atoms with E-state index in [1.807, 2.05) is 12.1 Å². The molecule has 0 spiro atoms. The van der Waals surface area contributed by atoms with Crippen molar-refractivity contribution < 1.29 is 19.6 Å². The van der Waals surface area contributed by atoms with Gasteiger partial charge in [0, 0.05) is 24.2 Å². The van der Waals surface area contributed by atoms with E-state index >= 15 is 0 Å². The molecular formula is C23H24BN5O4. The molecule has 1 aliphatic carbocycles. The number of carbonyl (C=O) groups is 2. The molecule has 2 atom stereocenters. The second kappa shape index (κ2) is 9.01. The van der Waals surface area contributed by atoms with Crippen molar-refractivity contribution in [1.29, 1.82) is 0 Å². The van der Waals surface area contributed by atoms with Crippen LogP contribution in [-0.4, -0.2) is 38.9 Å². The lowest BCUT2D eigenvalue weighted by atomic mass is 9.79. The molecule has 7 N–H and O–H groups in total. The molecule has 1 aliphatic rings. The number of amides is 2. The van der Waals surface area contributed by atoms with Crippen LogP contribution in [0.3, 0.4) is 0 Å². The summed E-state index contributed by atoms with van der Waals surface area (Å²) in [5.41, 5.74) is 14.7. The van der Waals surface area contributed by atoms with E-state index in [1.165, 1.54) is 6.20 Å². The zero-order valence-corrected chi connectivity index (χ0v) is 18.0. The molecule has 4 rings (SSSR count). The van der Waals surface area contributed by atoms with E-state index < -0.39 is 18.9 Å². The van der Waals surface area contributed by atoms with Crippen LogP contribution in [0.2, 0.25) is 0 Å². The highest BCUT2D eigenvalue weighted by molar-refractivity contribution is 6.58. The molecule has 9 nitrogen and oxygen atoms in total. The average Bonchev–Trinajstić information content (AvgIpc) is 3.13. The zero-order valence-electron chi connectivity index (χ0n) is 18.0. The molecule has 10 heteroatoms. The highest BCUT2D eigenvalue weighted by atomic mass is 16.4. The van der Waals surface area contributed by atoms with E-state index in [1.54, 1.807) is 30.3 Å². The number of fused-ring (bicyclic) bond motifs is 1. The van der Waals surface area contributed by atoms with E-state index in [4.69, 9.17) is 11.5 Å². The Kier molecular flexibility index (Phi) is 6.12. The number of nitrogens with zero attached hydrogens (tertiary/aromatic N) is 2. The smallest absolute Gasteiger partial charge is 0.423 e. The van der Waals surface area contributed by atoms with E-state index in [2.05, 4.69) is 22.2 Å². The number of aromatic nitrogens is 2. The fourth-order valence-corrected chi connectivity index (χ4v) is 4.40. The molecule has 3 aromatic rings. The Balaban J connectivity index is 1.68. The number of rotatable bonds is 7. The molecule has 0 aliphatic heterocycles. The Morgan fingerprint density at radius 1 is 1.12 bits per heavy atom. The van der Waals surface area contributed by atoms with Crippen molar-refractivity contribution in [2.24, 2.45) is 17.4 Å². The monoisotopic (exact) mass is 445 g/mol. The van der Waals surface area contributed by atoms with E-state index in [0.717, 1.165) is 16.7 Å². The Hall–Kier alpha value is -3.76. The summed E-state index contributed by atoms with van der Waals surface area (Å²) in [5, 5.41) is 21.9. The van der Waals surface area contributed by atoms with Gasteiger partial charge in [0.1, 0.15) is 11.6 Å². The third-order valence-electron chi connectivity index (χ3n) is 5.97. The summed E-state index contributed by atoms with van der Waals surface area (Å²) in [6.45, 7) is 2.33. The predicted molar refractivity (Wildman–Crippen MR) is 124 cm³/mol. The SMILES string of the molecule is CC1Cc2c(C(N)=O)cccc2C1c1ncc(C(N)=O)c(NCc2cccc(B(O)O)c2)n1. The molecule has 0 saturated heterocycles. The maximum atomic E-state index is 12.0. The summed E-state index contributed by atoms with van der Waals surface area (Å²) < 4.78 is 0. The minimum absolute atomic E-state index is 0.121.